The lowest BCUT2D eigenvalue weighted by Crippen LogP contribution is -2.57. The standard InChI is InChI=1S/C9H10ClNO3/c10-7-4-2-1-3-6(7)8(12)5-14-9(11)13/h1-4,8,12H,5H2,(H2,11,13)/p+1. The van der Waals surface area contributed by atoms with Gasteiger partial charge in [-0.05, 0) is 6.07 Å². The number of amides is 1. The number of carbonyl (C=O) groups excluding carboxylic acids is 1. The highest BCUT2D eigenvalue weighted by atomic mass is 35.5. The van der Waals surface area contributed by atoms with Crippen LogP contribution in [0.25, 0.3) is 0 Å². The van der Waals surface area contributed by atoms with Gasteiger partial charge in [0, 0.05) is 10.6 Å². The number of hydrogen-bond donors (Lipinski definition) is 2. The van der Waals surface area contributed by atoms with Crippen LogP contribution in [-0.2, 0) is 4.74 Å². The fourth-order valence-electron chi connectivity index (χ4n) is 1.01. The van der Waals surface area contributed by atoms with Crippen LogP contribution in [0.3, 0.4) is 0 Å². The van der Waals surface area contributed by atoms with Crippen LogP contribution in [0, 0.1) is 0 Å². The van der Waals surface area contributed by atoms with Gasteiger partial charge in [0.05, 0.1) is 0 Å². The molecule has 0 saturated carbocycles. The van der Waals surface area contributed by atoms with Gasteiger partial charge in [-0.3, -0.25) is 5.73 Å². The molecular formula is C9H11ClNO3+. The Bertz CT molecular complexity index is 330. The highest BCUT2D eigenvalue weighted by Gasteiger charge is 2.13. The Kier molecular flexibility index (Phi) is 3.88. The topological polar surface area (TPSA) is 74.2 Å². The molecule has 0 bridgehead atoms. The third kappa shape index (κ3) is 2.99. The van der Waals surface area contributed by atoms with Crippen LogP contribution in [0.1, 0.15) is 11.7 Å². The van der Waals surface area contributed by atoms with E-state index >= 15 is 0 Å². The van der Waals surface area contributed by atoms with Crippen LogP contribution in [0.4, 0.5) is 4.79 Å². The van der Waals surface area contributed by atoms with Gasteiger partial charge in [-0.1, -0.05) is 29.8 Å². The van der Waals surface area contributed by atoms with Gasteiger partial charge in [-0.2, -0.15) is 4.79 Å². The molecule has 4 nitrogen and oxygen atoms in total. The molecule has 5 heteroatoms. The minimum absolute atomic E-state index is 0.133. The Morgan fingerprint density at radius 2 is 2.21 bits per heavy atom. The molecule has 0 spiro atoms. The quantitative estimate of drug-likeness (QED) is 0.783. The molecule has 14 heavy (non-hydrogen) atoms. The van der Waals surface area contributed by atoms with Crippen molar-refractivity contribution in [3.05, 3.63) is 34.9 Å². The number of aliphatic hydroxyl groups excluding tert-OH is 1. The third-order valence-corrected chi connectivity index (χ3v) is 2.01. The molecule has 76 valence electrons. The summed E-state index contributed by atoms with van der Waals surface area (Å²) in [7, 11) is 0. The van der Waals surface area contributed by atoms with E-state index in [4.69, 9.17) is 11.6 Å². The second-order valence-corrected chi connectivity index (χ2v) is 3.13. The van der Waals surface area contributed by atoms with E-state index in [0.717, 1.165) is 0 Å². The van der Waals surface area contributed by atoms with Crippen molar-refractivity contribution in [3.8, 4) is 0 Å². The highest BCUT2D eigenvalue weighted by Crippen LogP contribution is 2.22. The first-order valence-corrected chi connectivity index (χ1v) is 4.40. The van der Waals surface area contributed by atoms with E-state index in [-0.39, 0.29) is 6.61 Å². The molecule has 1 unspecified atom stereocenters. The predicted molar refractivity (Wildman–Crippen MR) is 50.6 cm³/mol. The number of quaternary nitrogens is 1. The Labute approximate surface area is 86.2 Å². The average molecular weight is 217 g/mol. The average Bonchev–Trinajstić information content (AvgIpc) is 2.15. The summed E-state index contributed by atoms with van der Waals surface area (Å²) < 4.78 is 4.55. The molecule has 0 saturated heterocycles. The molecule has 0 radical (unpaired) electrons. The first-order chi connectivity index (χ1) is 6.61. The van der Waals surface area contributed by atoms with Gasteiger partial charge >= 0.3 is 6.09 Å². The van der Waals surface area contributed by atoms with Gasteiger partial charge < -0.3 is 9.84 Å². The number of rotatable bonds is 3. The highest BCUT2D eigenvalue weighted by molar-refractivity contribution is 6.31. The lowest BCUT2D eigenvalue weighted by molar-refractivity contribution is -0.284. The Morgan fingerprint density at radius 3 is 2.79 bits per heavy atom. The molecule has 0 aliphatic heterocycles. The van der Waals surface area contributed by atoms with Crippen molar-refractivity contribution in [2.24, 2.45) is 0 Å². The number of benzene rings is 1. The monoisotopic (exact) mass is 216 g/mol. The van der Waals surface area contributed by atoms with Crippen molar-refractivity contribution >= 4 is 17.7 Å². The van der Waals surface area contributed by atoms with E-state index in [1.165, 1.54) is 0 Å². The molecule has 0 aromatic heterocycles. The summed E-state index contributed by atoms with van der Waals surface area (Å²) in [6.45, 7) is -0.133. The lowest BCUT2D eigenvalue weighted by atomic mass is 10.1. The first kappa shape index (κ1) is 11.0. The van der Waals surface area contributed by atoms with Crippen LogP contribution < -0.4 is 5.73 Å². The van der Waals surface area contributed by atoms with Crippen LogP contribution in [0.2, 0.25) is 5.02 Å². The number of halogens is 1. The summed E-state index contributed by atoms with van der Waals surface area (Å²) in [6.07, 6.45) is -1.58. The zero-order valence-corrected chi connectivity index (χ0v) is 8.20. The van der Waals surface area contributed by atoms with Crippen LogP contribution in [-0.4, -0.2) is 17.8 Å². The van der Waals surface area contributed by atoms with E-state index in [1.54, 1.807) is 24.3 Å². The number of carbonyl (C=O) groups is 1. The summed E-state index contributed by atoms with van der Waals surface area (Å²) in [5.74, 6) is 0. The summed E-state index contributed by atoms with van der Waals surface area (Å²) in [4.78, 5) is 10.4. The summed E-state index contributed by atoms with van der Waals surface area (Å²) >= 11 is 5.82. The summed E-state index contributed by atoms with van der Waals surface area (Å²) in [5, 5.41) is 10.0. The molecule has 1 amide bonds. The zero-order chi connectivity index (χ0) is 10.6. The number of ether oxygens (including phenoxy) is 1. The van der Waals surface area contributed by atoms with Crippen molar-refractivity contribution in [3.63, 3.8) is 0 Å². The maximum atomic E-state index is 10.4. The van der Waals surface area contributed by atoms with E-state index in [1.807, 2.05) is 0 Å². The Morgan fingerprint density at radius 1 is 1.57 bits per heavy atom. The summed E-state index contributed by atoms with van der Waals surface area (Å²) in [5.41, 5.74) is 3.56. The molecular weight excluding hydrogens is 206 g/mol. The minimum Gasteiger partial charge on any atom is -0.417 e. The SMILES string of the molecule is [NH3+]C(=O)OCC(O)c1ccccc1Cl. The molecule has 1 aromatic carbocycles. The van der Waals surface area contributed by atoms with Crippen molar-refractivity contribution < 1.29 is 20.4 Å². The first-order valence-electron chi connectivity index (χ1n) is 4.02. The maximum Gasteiger partial charge on any atom is 0.511 e. The van der Waals surface area contributed by atoms with Crippen molar-refractivity contribution in [2.75, 3.05) is 6.61 Å². The van der Waals surface area contributed by atoms with E-state index in [0.29, 0.717) is 10.6 Å². The second kappa shape index (κ2) is 4.95. The van der Waals surface area contributed by atoms with Gasteiger partial charge in [-0.15, -0.1) is 0 Å². The van der Waals surface area contributed by atoms with Gasteiger partial charge in [-0.25, -0.2) is 0 Å². The number of hydrogen-bond acceptors (Lipinski definition) is 3. The molecule has 0 aliphatic carbocycles. The lowest BCUT2D eigenvalue weighted by Gasteiger charge is -2.10. The fourth-order valence-corrected chi connectivity index (χ4v) is 1.27. The maximum absolute atomic E-state index is 10.4. The number of aliphatic hydroxyl groups is 1. The molecule has 0 heterocycles. The minimum atomic E-state index is -0.908. The normalized spacial score (nSPS) is 12.2. The van der Waals surface area contributed by atoms with E-state index in [9.17, 15) is 9.90 Å². The third-order valence-electron chi connectivity index (χ3n) is 1.67. The smallest absolute Gasteiger partial charge is 0.417 e. The van der Waals surface area contributed by atoms with Crippen LogP contribution in [0.5, 0.6) is 0 Å². The largest absolute Gasteiger partial charge is 0.511 e. The Balaban J connectivity index is 2.65. The van der Waals surface area contributed by atoms with Gasteiger partial charge in [0.15, 0.2) is 0 Å². The molecule has 1 rings (SSSR count). The van der Waals surface area contributed by atoms with E-state index < -0.39 is 12.2 Å². The second-order valence-electron chi connectivity index (χ2n) is 2.72. The van der Waals surface area contributed by atoms with Crippen molar-refractivity contribution in [1.82, 2.24) is 0 Å². The van der Waals surface area contributed by atoms with Gasteiger partial charge in [0.2, 0.25) is 0 Å². The molecule has 0 fully saturated rings. The van der Waals surface area contributed by atoms with Crippen molar-refractivity contribution in [2.45, 2.75) is 6.10 Å². The van der Waals surface area contributed by atoms with E-state index in [2.05, 4.69) is 10.5 Å². The van der Waals surface area contributed by atoms with Gasteiger partial charge in [0.25, 0.3) is 0 Å². The molecule has 4 N–H and O–H groups in total. The molecule has 1 aromatic rings. The van der Waals surface area contributed by atoms with Crippen LogP contribution >= 0.6 is 11.6 Å². The fraction of sp³-hybridized carbons (Fsp3) is 0.222. The van der Waals surface area contributed by atoms with Crippen LogP contribution in [0.15, 0.2) is 24.3 Å². The Hall–Kier alpha value is -1.10. The molecule has 1 atom stereocenters. The zero-order valence-electron chi connectivity index (χ0n) is 7.44. The van der Waals surface area contributed by atoms with Crippen molar-refractivity contribution in [1.29, 1.82) is 0 Å². The van der Waals surface area contributed by atoms with Gasteiger partial charge in [0.1, 0.15) is 12.7 Å². The summed E-state index contributed by atoms with van der Waals surface area (Å²) in [6, 6.07) is 6.83. The molecule has 0 aliphatic rings. The predicted octanol–water partition coefficient (Wildman–Crippen LogP) is 0.752.